The minimum atomic E-state index is -4.06. The molecule has 2 aliphatic rings. The molecule has 0 saturated carbocycles. The summed E-state index contributed by atoms with van der Waals surface area (Å²) in [5.41, 5.74) is 5.10. The van der Waals surface area contributed by atoms with Crippen LogP contribution in [0.2, 0.25) is 0 Å². The van der Waals surface area contributed by atoms with E-state index >= 15 is 0 Å². The van der Waals surface area contributed by atoms with Gasteiger partial charge >= 0.3 is 178 Å². The molecule has 4 unspecified atom stereocenters. The van der Waals surface area contributed by atoms with Gasteiger partial charge in [0.15, 0.2) is 0 Å². The van der Waals surface area contributed by atoms with Crippen LogP contribution in [0.1, 0.15) is 6.23 Å². The third-order valence-electron chi connectivity index (χ3n) is 5.50. The summed E-state index contributed by atoms with van der Waals surface area (Å²) in [7, 11) is 0. The van der Waals surface area contributed by atoms with E-state index in [0.717, 1.165) is 7.16 Å². The van der Waals surface area contributed by atoms with E-state index in [1.165, 1.54) is 16.8 Å². The van der Waals surface area contributed by atoms with Crippen molar-refractivity contribution in [1.29, 1.82) is 0 Å². The van der Waals surface area contributed by atoms with E-state index in [0.29, 0.717) is 0 Å². The van der Waals surface area contributed by atoms with Crippen LogP contribution in [0.5, 0.6) is 0 Å². The third-order valence-corrected chi connectivity index (χ3v) is 15.2. The van der Waals surface area contributed by atoms with Crippen molar-refractivity contribution < 1.29 is 16.0 Å². The van der Waals surface area contributed by atoms with E-state index in [2.05, 4.69) is 4.98 Å². The second kappa shape index (κ2) is 7.78. The molecule has 8 nitrogen and oxygen atoms in total. The van der Waals surface area contributed by atoms with Gasteiger partial charge in [0.05, 0.1) is 0 Å². The van der Waals surface area contributed by atoms with E-state index in [1.807, 2.05) is 60.7 Å². The number of benzene rings is 2. The summed E-state index contributed by atoms with van der Waals surface area (Å²) in [6.07, 6.45) is -0.896. The van der Waals surface area contributed by atoms with E-state index in [9.17, 15) is 9.90 Å². The van der Waals surface area contributed by atoms with Crippen LogP contribution in [-0.2, 0) is 10.9 Å². The average molecular weight is 514 g/mol. The second-order valence-corrected chi connectivity index (χ2v) is 15.5. The van der Waals surface area contributed by atoms with Gasteiger partial charge in [0.1, 0.15) is 0 Å². The first-order valence-corrected chi connectivity index (χ1v) is 14.9. The first-order chi connectivity index (χ1) is 14.6. The summed E-state index contributed by atoms with van der Waals surface area (Å²) in [5, 5.41) is 9.94. The Hall–Kier alpha value is -2.24. The Morgan fingerprint density at radius 3 is 2.13 bits per heavy atom. The van der Waals surface area contributed by atoms with Crippen LogP contribution < -0.4 is 18.6 Å². The zero-order valence-corrected chi connectivity index (χ0v) is 18.9. The Labute approximate surface area is 177 Å². The fourth-order valence-electron chi connectivity index (χ4n) is 4.13. The van der Waals surface area contributed by atoms with Gasteiger partial charge in [-0.1, -0.05) is 0 Å². The average Bonchev–Trinajstić information content (AvgIpc) is 3.32. The summed E-state index contributed by atoms with van der Waals surface area (Å²) >= 11 is -4.06. The molecule has 30 heavy (non-hydrogen) atoms. The Kier molecular flexibility index (Phi) is 5.11. The first-order valence-electron chi connectivity index (χ1n) is 9.70. The molecule has 0 amide bonds. The Morgan fingerprint density at radius 1 is 0.967 bits per heavy atom. The first kappa shape index (κ1) is 19.7. The number of aliphatic hydroxyl groups is 1. The molecule has 2 aromatic carbocycles. The van der Waals surface area contributed by atoms with Gasteiger partial charge in [-0.05, 0) is 0 Å². The van der Waals surface area contributed by atoms with Gasteiger partial charge in [0, 0.05) is 0 Å². The monoisotopic (exact) mass is 515 g/mol. The van der Waals surface area contributed by atoms with Crippen molar-refractivity contribution in [3.05, 3.63) is 83.4 Å². The number of aromatic nitrogens is 2. The number of rotatable bonds is 4. The van der Waals surface area contributed by atoms with Gasteiger partial charge in [-0.15, -0.1) is 0 Å². The molecule has 2 saturated heterocycles. The zero-order valence-electron chi connectivity index (χ0n) is 16.0. The molecule has 0 bridgehead atoms. The molecular weight excluding hydrogens is 493 g/mol. The van der Waals surface area contributed by atoms with Gasteiger partial charge in [-0.3, -0.25) is 0 Å². The van der Waals surface area contributed by atoms with E-state index < -0.39 is 49.4 Å². The zero-order chi connectivity index (χ0) is 20.7. The number of ether oxygens (including phenoxy) is 1. The van der Waals surface area contributed by atoms with Crippen LogP contribution in [0.25, 0.3) is 0 Å². The van der Waals surface area contributed by atoms with Gasteiger partial charge < -0.3 is 0 Å². The minimum absolute atomic E-state index is 0.134. The number of fused-ring (bicyclic) bond motifs is 1. The summed E-state index contributed by atoms with van der Waals surface area (Å²) in [6, 6.07) is 21.4. The van der Waals surface area contributed by atoms with Crippen LogP contribution in [0.3, 0.4) is 0 Å². The standard InChI is InChI=1S/C9H11N3O5.2C6H5.Sn/c10-5-1-2-12(9(16)11-5)8-7(15)6(14)4(3-13)17-8;2*1-2-4-6-5-3-1;/h1-2,4,6-8,13H,3H2,(H2,10,11,16);2*1-5H;/q-2;;;+2. The summed E-state index contributed by atoms with van der Waals surface area (Å²) in [4.78, 5) is 16.3. The number of nitrogen functional groups attached to an aromatic ring is 1. The molecule has 154 valence electrons. The fourth-order valence-corrected chi connectivity index (χ4v) is 14.1. The number of nitrogens with two attached hydrogens (primary N) is 1. The molecule has 0 aliphatic carbocycles. The SMILES string of the molecule is Nc1ccn(C2OC(CO)C3[O][Sn]([c]4ccccc4)([c]4ccccc4)[O]C32)c(=O)n1. The molecule has 0 spiro atoms. The maximum atomic E-state index is 12.5. The predicted molar refractivity (Wildman–Crippen MR) is 112 cm³/mol. The number of anilines is 1. The molecule has 4 atom stereocenters. The van der Waals surface area contributed by atoms with Crippen molar-refractivity contribution in [2.75, 3.05) is 12.3 Å². The normalized spacial score (nSPS) is 27.1. The van der Waals surface area contributed by atoms with E-state index in [-0.39, 0.29) is 12.4 Å². The van der Waals surface area contributed by atoms with E-state index in [1.54, 1.807) is 0 Å². The van der Waals surface area contributed by atoms with Crippen LogP contribution in [0, 0.1) is 0 Å². The molecule has 1 aromatic heterocycles. The molecule has 9 heteroatoms. The molecule has 2 fully saturated rings. The van der Waals surface area contributed by atoms with Crippen LogP contribution >= 0.6 is 0 Å². The Morgan fingerprint density at radius 2 is 1.57 bits per heavy atom. The predicted octanol–water partition coefficient (Wildman–Crippen LogP) is -0.244. The van der Waals surface area contributed by atoms with Crippen molar-refractivity contribution >= 4 is 32.2 Å². The van der Waals surface area contributed by atoms with Crippen molar-refractivity contribution in [3.8, 4) is 0 Å². The van der Waals surface area contributed by atoms with Gasteiger partial charge in [-0.25, -0.2) is 0 Å². The quantitative estimate of drug-likeness (QED) is 0.463. The molecule has 3 N–H and O–H groups in total. The number of hydrogen-bond acceptors (Lipinski definition) is 7. The van der Waals surface area contributed by atoms with E-state index in [4.69, 9.17) is 16.6 Å². The van der Waals surface area contributed by atoms with Crippen molar-refractivity contribution in [3.63, 3.8) is 0 Å². The molecular formula is C21H21N3O5Sn. The summed E-state index contributed by atoms with van der Waals surface area (Å²) in [6.45, 7) is -0.246. The van der Waals surface area contributed by atoms with Crippen molar-refractivity contribution in [1.82, 2.24) is 9.55 Å². The molecule has 5 rings (SSSR count). The summed E-state index contributed by atoms with van der Waals surface area (Å²) < 4.78 is 22.8. The van der Waals surface area contributed by atoms with Crippen molar-refractivity contribution in [2.24, 2.45) is 0 Å². The number of nitrogens with zero attached hydrogens (tertiary/aromatic N) is 2. The molecule has 3 aromatic rings. The Balaban J connectivity index is 1.61. The van der Waals surface area contributed by atoms with Crippen LogP contribution in [0.4, 0.5) is 5.82 Å². The summed E-state index contributed by atoms with van der Waals surface area (Å²) in [5.74, 6) is 0.134. The van der Waals surface area contributed by atoms with Gasteiger partial charge in [-0.2, -0.15) is 0 Å². The second-order valence-electron chi connectivity index (χ2n) is 7.30. The van der Waals surface area contributed by atoms with Crippen LogP contribution in [-0.4, -0.2) is 58.8 Å². The molecule has 3 heterocycles. The van der Waals surface area contributed by atoms with Crippen molar-refractivity contribution in [2.45, 2.75) is 24.5 Å². The number of aliphatic hydroxyl groups excluding tert-OH is 1. The van der Waals surface area contributed by atoms with Gasteiger partial charge in [0.2, 0.25) is 0 Å². The molecule has 0 radical (unpaired) electrons. The molecule has 2 aliphatic heterocycles. The van der Waals surface area contributed by atoms with Gasteiger partial charge in [0.25, 0.3) is 0 Å². The van der Waals surface area contributed by atoms with Crippen LogP contribution in [0.15, 0.2) is 77.7 Å². The third kappa shape index (κ3) is 3.15. The fraction of sp³-hybridized carbons (Fsp3) is 0.238. The maximum absolute atomic E-state index is 12.5. The topological polar surface area (TPSA) is 109 Å². The number of hydrogen-bond donors (Lipinski definition) is 2. The Bertz CT molecular complexity index is 1060.